The van der Waals surface area contributed by atoms with Crippen molar-refractivity contribution < 1.29 is 9.53 Å². The number of aromatic amines is 1. The third-order valence-corrected chi connectivity index (χ3v) is 2.38. The van der Waals surface area contributed by atoms with Gasteiger partial charge in [-0.15, -0.1) is 0 Å². The molecule has 0 aliphatic heterocycles. The van der Waals surface area contributed by atoms with E-state index in [1.54, 1.807) is 0 Å². The highest BCUT2D eigenvalue weighted by Gasteiger charge is 2.06. The van der Waals surface area contributed by atoms with Crippen molar-refractivity contribution in [1.29, 1.82) is 0 Å². The zero-order valence-corrected chi connectivity index (χ0v) is 8.57. The van der Waals surface area contributed by atoms with Gasteiger partial charge in [0.05, 0.1) is 0 Å². The lowest BCUT2D eigenvalue weighted by atomic mass is 10.2. The van der Waals surface area contributed by atoms with Crippen molar-refractivity contribution in [3.05, 3.63) is 36.0 Å². The molecule has 1 aromatic heterocycles. The van der Waals surface area contributed by atoms with Crippen LogP contribution >= 0.6 is 0 Å². The van der Waals surface area contributed by atoms with Crippen molar-refractivity contribution in [3.63, 3.8) is 0 Å². The van der Waals surface area contributed by atoms with Crippen LogP contribution in [-0.2, 0) is 16.0 Å². The second kappa shape index (κ2) is 4.17. The van der Waals surface area contributed by atoms with E-state index in [-0.39, 0.29) is 6.10 Å². The number of carbonyl (C=O) groups is 1. The summed E-state index contributed by atoms with van der Waals surface area (Å²) < 4.78 is 4.84. The molecule has 0 spiro atoms. The van der Waals surface area contributed by atoms with Crippen molar-refractivity contribution in [1.82, 2.24) is 4.98 Å². The van der Waals surface area contributed by atoms with Crippen LogP contribution < -0.4 is 0 Å². The van der Waals surface area contributed by atoms with Gasteiger partial charge in [-0.3, -0.25) is 4.79 Å². The average Bonchev–Trinajstić information content (AvgIpc) is 2.59. The van der Waals surface area contributed by atoms with Crippen molar-refractivity contribution >= 4 is 17.4 Å². The number of aromatic nitrogens is 1. The van der Waals surface area contributed by atoms with Gasteiger partial charge < -0.3 is 9.72 Å². The van der Waals surface area contributed by atoms with Gasteiger partial charge in [-0.05, 0) is 24.4 Å². The molecule has 1 heterocycles. The van der Waals surface area contributed by atoms with Gasteiger partial charge >= 0.3 is 0 Å². The number of nitrogens with one attached hydrogen (secondary N) is 1. The van der Waals surface area contributed by atoms with E-state index < -0.39 is 0 Å². The summed E-state index contributed by atoms with van der Waals surface area (Å²) in [5, 5.41) is 1.19. The number of carbonyl (C=O) groups excluding carboxylic acids is 1. The van der Waals surface area contributed by atoms with Gasteiger partial charge in [-0.25, -0.2) is 0 Å². The highest BCUT2D eigenvalue weighted by atomic mass is 16.5. The van der Waals surface area contributed by atoms with Crippen molar-refractivity contribution in [3.8, 4) is 0 Å². The minimum Gasteiger partial charge on any atom is -0.464 e. The van der Waals surface area contributed by atoms with Crippen LogP contribution in [0.25, 0.3) is 10.9 Å². The van der Waals surface area contributed by atoms with E-state index in [0.29, 0.717) is 12.9 Å². The fraction of sp³-hybridized carbons (Fsp3) is 0.250. The molecule has 0 aliphatic carbocycles. The summed E-state index contributed by atoms with van der Waals surface area (Å²) in [5.74, 6) is 0. The van der Waals surface area contributed by atoms with Crippen LogP contribution in [0, 0.1) is 0 Å². The van der Waals surface area contributed by atoms with E-state index in [4.69, 9.17) is 4.74 Å². The molecule has 0 saturated carbocycles. The Morgan fingerprint density at radius 2 is 2.27 bits per heavy atom. The van der Waals surface area contributed by atoms with Gasteiger partial charge in [0.2, 0.25) is 0 Å². The summed E-state index contributed by atoms with van der Waals surface area (Å²) in [6.45, 7) is 2.37. The molecule has 1 N–H and O–H groups in total. The zero-order chi connectivity index (χ0) is 10.7. The van der Waals surface area contributed by atoms with E-state index in [0.717, 1.165) is 11.2 Å². The number of benzene rings is 1. The number of para-hydroxylation sites is 1. The summed E-state index contributed by atoms with van der Waals surface area (Å²) in [7, 11) is 0. The third kappa shape index (κ3) is 2.18. The lowest BCUT2D eigenvalue weighted by Gasteiger charge is -2.06. The van der Waals surface area contributed by atoms with Crippen LogP contribution in [0.3, 0.4) is 0 Å². The topological polar surface area (TPSA) is 42.1 Å². The Morgan fingerprint density at radius 3 is 3.00 bits per heavy atom. The number of hydrogen-bond acceptors (Lipinski definition) is 2. The average molecular weight is 203 g/mol. The highest BCUT2D eigenvalue weighted by molar-refractivity contribution is 5.80. The van der Waals surface area contributed by atoms with E-state index in [1.165, 1.54) is 5.39 Å². The maximum atomic E-state index is 10.1. The van der Waals surface area contributed by atoms with Gasteiger partial charge in [0, 0.05) is 17.6 Å². The Balaban J connectivity index is 2.18. The fourth-order valence-electron chi connectivity index (χ4n) is 1.70. The predicted molar refractivity (Wildman–Crippen MR) is 58.6 cm³/mol. The van der Waals surface area contributed by atoms with Gasteiger partial charge in [-0.1, -0.05) is 18.2 Å². The molecule has 3 nitrogen and oxygen atoms in total. The molecule has 0 bridgehead atoms. The summed E-state index contributed by atoms with van der Waals surface area (Å²) >= 11 is 0. The molecule has 0 fully saturated rings. The second-order valence-electron chi connectivity index (χ2n) is 3.63. The highest BCUT2D eigenvalue weighted by Crippen LogP contribution is 2.16. The van der Waals surface area contributed by atoms with Crippen LogP contribution in [0.1, 0.15) is 12.6 Å². The molecule has 0 radical (unpaired) electrons. The first kappa shape index (κ1) is 9.77. The van der Waals surface area contributed by atoms with E-state index in [1.807, 2.05) is 25.1 Å². The Kier molecular flexibility index (Phi) is 2.72. The van der Waals surface area contributed by atoms with Crippen molar-refractivity contribution in [2.45, 2.75) is 19.4 Å². The number of fused-ring (bicyclic) bond motifs is 1. The first-order valence-corrected chi connectivity index (χ1v) is 4.95. The minimum atomic E-state index is -0.0874. The Bertz CT molecular complexity index is 428. The largest absolute Gasteiger partial charge is 0.464 e. The molecule has 0 saturated heterocycles. The number of ether oxygens (including phenoxy) is 1. The molecular formula is C12H13NO2. The maximum Gasteiger partial charge on any atom is 0.293 e. The third-order valence-electron chi connectivity index (χ3n) is 2.38. The van der Waals surface area contributed by atoms with E-state index in [9.17, 15) is 4.79 Å². The minimum absolute atomic E-state index is 0.0874. The van der Waals surface area contributed by atoms with Crippen LogP contribution in [0.15, 0.2) is 30.3 Å². The normalized spacial score (nSPS) is 12.6. The monoisotopic (exact) mass is 203 g/mol. The van der Waals surface area contributed by atoms with Gasteiger partial charge in [-0.2, -0.15) is 0 Å². The van der Waals surface area contributed by atoms with Gasteiger partial charge in [0.1, 0.15) is 6.10 Å². The maximum absolute atomic E-state index is 10.1. The number of hydrogen-bond donors (Lipinski definition) is 1. The van der Waals surface area contributed by atoms with Gasteiger partial charge in [0.25, 0.3) is 6.47 Å². The number of rotatable bonds is 4. The van der Waals surface area contributed by atoms with Crippen LogP contribution in [-0.4, -0.2) is 17.6 Å². The first-order valence-electron chi connectivity index (χ1n) is 4.95. The van der Waals surface area contributed by atoms with Crippen LogP contribution in [0.5, 0.6) is 0 Å². The summed E-state index contributed by atoms with van der Waals surface area (Å²) in [6, 6.07) is 10.2. The molecule has 1 unspecified atom stereocenters. The zero-order valence-electron chi connectivity index (χ0n) is 8.57. The Morgan fingerprint density at radius 1 is 1.47 bits per heavy atom. The van der Waals surface area contributed by atoms with E-state index in [2.05, 4.69) is 17.1 Å². The molecule has 2 aromatic rings. The van der Waals surface area contributed by atoms with Crippen LogP contribution in [0.4, 0.5) is 0 Å². The molecule has 78 valence electrons. The lowest BCUT2D eigenvalue weighted by Crippen LogP contribution is -2.10. The molecule has 1 atom stereocenters. The molecule has 0 amide bonds. The van der Waals surface area contributed by atoms with Crippen LogP contribution in [0.2, 0.25) is 0 Å². The van der Waals surface area contributed by atoms with Crippen molar-refractivity contribution in [2.24, 2.45) is 0 Å². The number of H-pyrrole nitrogens is 1. The lowest BCUT2D eigenvalue weighted by molar-refractivity contribution is -0.132. The van der Waals surface area contributed by atoms with E-state index >= 15 is 0 Å². The Labute approximate surface area is 88.1 Å². The molecular weight excluding hydrogens is 190 g/mol. The SMILES string of the molecule is CC(Cc1cc2ccccc2[nH]1)OC=O. The fourth-order valence-corrected chi connectivity index (χ4v) is 1.70. The second-order valence-corrected chi connectivity index (χ2v) is 3.63. The molecule has 0 aliphatic rings. The standard InChI is InChI=1S/C12H13NO2/c1-9(15-8-14)6-11-7-10-4-2-3-5-12(10)13-11/h2-5,7-9,13H,6H2,1H3. The first-order chi connectivity index (χ1) is 7.29. The van der Waals surface area contributed by atoms with Gasteiger partial charge in [0.15, 0.2) is 0 Å². The molecule has 3 heteroatoms. The molecule has 15 heavy (non-hydrogen) atoms. The smallest absolute Gasteiger partial charge is 0.293 e. The molecule has 1 aromatic carbocycles. The molecule has 2 rings (SSSR count). The predicted octanol–water partition coefficient (Wildman–Crippen LogP) is 2.27. The Hall–Kier alpha value is -1.77. The van der Waals surface area contributed by atoms with Crippen molar-refractivity contribution in [2.75, 3.05) is 0 Å². The summed E-state index contributed by atoms with van der Waals surface area (Å²) in [6.07, 6.45) is 0.628. The summed E-state index contributed by atoms with van der Waals surface area (Å²) in [4.78, 5) is 13.4. The quantitative estimate of drug-likeness (QED) is 0.774. The summed E-state index contributed by atoms with van der Waals surface area (Å²) in [5.41, 5.74) is 2.20.